The van der Waals surface area contributed by atoms with Crippen molar-refractivity contribution in [1.29, 1.82) is 0 Å². The first-order chi connectivity index (χ1) is 41.1. The van der Waals surface area contributed by atoms with Gasteiger partial charge in [-0.15, -0.1) is 0 Å². The number of carbonyl (C=O) groups excluding carboxylic acids is 4. The van der Waals surface area contributed by atoms with Gasteiger partial charge in [-0.05, 0) is 49.4 Å². The molecule has 0 saturated heterocycles. The van der Waals surface area contributed by atoms with Gasteiger partial charge in [0.1, 0.15) is 19.3 Å². The lowest BCUT2D eigenvalue weighted by Crippen LogP contribution is -2.30. The molecule has 0 aliphatic carbocycles. The lowest BCUT2D eigenvalue weighted by atomic mass is 10.00. The molecule has 0 aromatic rings. The lowest BCUT2D eigenvalue weighted by Gasteiger charge is -2.21. The van der Waals surface area contributed by atoms with E-state index in [4.69, 9.17) is 37.0 Å². The molecule has 0 heterocycles. The molecule has 0 saturated carbocycles. The zero-order valence-corrected chi connectivity index (χ0v) is 57.7. The molecule has 4 unspecified atom stereocenters. The molecule has 0 aliphatic heterocycles. The maximum Gasteiger partial charge on any atom is 0.472 e. The van der Waals surface area contributed by atoms with Crippen LogP contribution in [0.4, 0.5) is 0 Å². The van der Waals surface area contributed by atoms with Crippen LogP contribution in [0.25, 0.3) is 0 Å². The van der Waals surface area contributed by atoms with Crippen LogP contribution in [0.1, 0.15) is 325 Å². The Balaban J connectivity index is 5.22. The highest BCUT2D eigenvalue weighted by molar-refractivity contribution is 7.47. The van der Waals surface area contributed by atoms with Crippen molar-refractivity contribution in [3.8, 4) is 0 Å². The smallest absolute Gasteiger partial charge is 0.462 e. The Bertz CT molecular complexity index is 1720. The molecule has 0 bridgehead atoms. The fourth-order valence-corrected chi connectivity index (χ4v) is 11.5. The van der Waals surface area contributed by atoms with E-state index < -0.39 is 97.5 Å². The number of hydrogen-bond acceptors (Lipinski definition) is 15. The number of unbranched alkanes of at least 4 members (excludes halogenated alkanes) is 29. The second kappa shape index (κ2) is 57.0. The number of ether oxygens (including phenoxy) is 4. The van der Waals surface area contributed by atoms with Crippen LogP contribution in [0.5, 0.6) is 0 Å². The minimum atomic E-state index is -4.95. The quantitative estimate of drug-likeness (QED) is 0.0222. The van der Waals surface area contributed by atoms with E-state index in [1.54, 1.807) is 0 Å². The predicted octanol–water partition coefficient (Wildman–Crippen LogP) is 18.5. The second-order valence-electron chi connectivity index (χ2n) is 25.9. The van der Waals surface area contributed by atoms with Gasteiger partial charge in [-0.25, -0.2) is 9.13 Å². The standard InChI is InChI=1S/C67H130O17P2/c1-9-60(8)46-38-30-24-26-34-42-50-67(72)84-63(54-78-65(70)48-40-32-25-23-29-37-45-59(6)7)56-82-86(75,76)80-52-61(68)51-79-85(73,74)81-55-62(53-77-64(69)47-39-31-22-18-20-28-36-44-58(4)5)83-66(71)49-41-33-21-17-15-13-11-10-12-14-16-19-27-35-43-57(2)3/h57-63,68H,9-56H2,1-8H3,(H,73,74)(H,75,76)/t60?,61?,62-,63-/m1/s1. The third-order valence-electron chi connectivity index (χ3n) is 15.7. The first kappa shape index (κ1) is 84.1. The molecule has 0 aliphatic rings. The van der Waals surface area contributed by atoms with E-state index in [0.29, 0.717) is 37.5 Å². The van der Waals surface area contributed by atoms with Gasteiger partial charge < -0.3 is 33.8 Å². The SMILES string of the molecule is CCC(C)CCCCCCCCC(=O)O[C@H](COC(=O)CCCCCCCCC(C)C)COP(=O)(O)OCC(O)COP(=O)(O)OC[C@@H](COC(=O)CCCCCCCCCC(C)C)OC(=O)CCCCCCCCCCCCCCCCC(C)C. The van der Waals surface area contributed by atoms with Crippen LogP contribution in [0.2, 0.25) is 0 Å². The van der Waals surface area contributed by atoms with E-state index in [1.807, 2.05) is 0 Å². The monoisotopic (exact) mass is 1270 g/mol. The highest BCUT2D eigenvalue weighted by atomic mass is 31.2. The third kappa shape index (κ3) is 59.7. The number of phosphoric ester groups is 2. The highest BCUT2D eigenvalue weighted by Crippen LogP contribution is 2.45. The molecule has 510 valence electrons. The van der Waals surface area contributed by atoms with Crippen molar-refractivity contribution in [2.75, 3.05) is 39.6 Å². The fraction of sp³-hybridized carbons (Fsp3) is 0.940. The van der Waals surface area contributed by atoms with Gasteiger partial charge in [0.15, 0.2) is 12.2 Å². The molecule has 0 rings (SSSR count). The zero-order valence-electron chi connectivity index (χ0n) is 55.9. The maximum atomic E-state index is 13.0. The van der Waals surface area contributed by atoms with Crippen LogP contribution in [0.3, 0.4) is 0 Å². The number of aliphatic hydroxyl groups excluding tert-OH is 1. The molecular formula is C67H130O17P2. The van der Waals surface area contributed by atoms with Gasteiger partial charge >= 0.3 is 39.5 Å². The topological polar surface area (TPSA) is 237 Å². The summed E-state index contributed by atoms with van der Waals surface area (Å²) in [5, 5.41) is 10.6. The maximum absolute atomic E-state index is 13.0. The normalized spacial score (nSPS) is 14.7. The van der Waals surface area contributed by atoms with Crippen LogP contribution >= 0.6 is 15.6 Å². The van der Waals surface area contributed by atoms with Crippen molar-refractivity contribution in [3.63, 3.8) is 0 Å². The summed E-state index contributed by atoms with van der Waals surface area (Å²) in [5.74, 6) is 0.761. The van der Waals surface area contributed by atoms with Crippen LogP contribution < -0.4 is 0 Å². The minimum Gasteiger partial charge on any atom is -0.462 e. The number of phosphoric acid groups is 2. The van der Waals surface area contributed by atoms with Crippen molar-refractivity contribution in [1.82, 2.24) is 0 Å². The summed E-state index contributed by atoms with van der Waals surface area (Å²) < 4.78 is 68.1. The fourth-order valence-electron chi connectivity index (χ4n) is 9.93. The molecule has 86 heavy (non-hydrogen) atoms. The summed E-state index contributed by atoms with van der Waals surface area (Å²) >= 11 is 0. The number of hydrogen-bond donors (Lipinski definition) is 3. The Labute approximate surface area is 524 Å². The number of rotatable bonds is 64. The van der Waals surface area contributed by atoms with Gasteiger partial charge in [0.05, 0.1) is 26.4 Å². The van der Waals surface area contributed by atoms with Crippen LogP contribution in [0.15, 0.2) is 0 Å². The van der Waals surface area contributed by atoms with Crippen LogP contribution in [-0.2, 0) is 65.4 Å². The minimum absolute atomic E-state index is 0.101. The van der Waals surface area contributed by atoms with E-state index in [1.165, 1.54) is 116 Å². The summed E-state index contributed by atoms with van der Waals surface area (Å²) in [6.45, 7) is 14.0. The van der Waals surface area contributed by atoms with Crippen molar-refractivity contribution >= 4 is 39.5 Å². The second-order valence-corrected chi connectivity index (χ2v) is 28.8. The summed E-state index contributed by atoms with van der Waals surface area (Å²) in [6.07, 6.45) is 37.9. The number of aliphatic hydroxyl groups is 1. The van der Waals surface area contributed by atoms with E-state index >= 15 is 0 Å². The first-order valence-electron chi connectivity index (χ1n) is 34.7. The Kier molecular flexibility index (Phi) is 55.7. The summed E-state index contributed by atoms with van der Waals surface area (Å²) in [4.78, 5) is 72.3. The molecule has 0 radical (unpaired) electrons. The van der Waals surface area contributed by atoms with Gasteiger partial charge in [-0.1, -0.05) is 274 Å². The molecule has 0 aromatic heterocycles. The molecule has 0 fully saturated rings. The highest BCUT2D eigenvalue weighted by Gasteiger charge is 2.30. The van der Waals surface area contributed by atoms with E-state index in [9.17, 15) is 43.2 Å². The number of esters is 4. The Morgan fingerprint density at radius 3 is 0.826 bits per heavy atom. The third-order valence-corrected chi connectivity index (χ3v) is 17.6. The Hall–Kier alpha value is -1.94. The summed E-state index contributed by atoms with van der Waals surface area (Å²) in [7, 11) is -9.89. The van der Waals surface area contributed by atoms with Crippen molar-refractivity contribution in [3.05, 3.63) is 0 Å². The average Bonchev–Trinajstić information content (AvgIpc) is 3.68. The molecule has 6 atom stereocenters. The van der Waals surface area contributed by atoms with Gasteiger partial charge in [0.25, 0.3) is 0 Å². The molecule has 0 amide bonds. The zero-order chi connectivity index (χ0) is 63.9. The van der Waals surface area contributed by atoms with Gasteiger partial charge in [-0.3, -0.25) is 37.3 Å². The van der Waals surface area contributed by atoms with Gasteiger partial charge in [-0.2, -0.15) is 0 Å². The van der Waals surface area contributed by atoms with Gasteiger partial charge in [0.2, 0.25) is 0 Å². The molecule has 17 nitrogen and oxygen atoms in total. The number of carbonyl (C=O) groups is 4. The predicted molar refractivity (Wildman–Crippen MR) is 344 cm³/mol. The van der Waals surface area contributed by atoms with Gasteiger partial charge in [0, 0.05) is 25.7 Å². The molecule has 0 spiro atoms. The van der Waals surface area contributed by atoms with E-state index in [0.717, 1.165) is 115 Å². The van der Waals surface area contributed by atoms with Crippen LogP contribution in [0, 0.1) is 23.7 Å². The summed E-state index contributed by atoms with van der Waals surface area (Å²) in [6, 6.07) is 0. The Morgan fingerprint density at radius 1 is 0.326 bits per heavy atom. The largest absolute Gasteiger partial charge is 0.472 e. The van der Waals surface area contributed by atoms with E-state index in [2.05, 4.69) is 55.4 Å². The molecule has 0 aromatic carbocycles. The van der Waals surface area contributed by atoms with Crippen molar-refractivity contribution < 1.29 is 80.2 Å². The molecular weight excluding hydrogens is 1140 g/mol. The van der Waals surface area contributed by atoms with E-state index in [-0.39, 0.29) is 25.7 Å². The Morgan fingerprint density at radius 2 is 0.558 bits per heavy atom. The van der Waals surface area contributed by atoms with Crippen molar-refractivity contribution in [2.24, 2.45) is 23.7 Å². The average molecular weight is 1270 g/mol. The molecule has 19 heteroatoms. The lowest BCUT2D eigenvalue weighted by molar-refractivity contribution is -0.161. The van der Waals surface area contributed by atoms with Crippen LogP contribution in [-0.4, -0.2) is 96.7 Å². The summed E-state index contributed by atoms with van der Waals surface area (Å²) in [5.41, 5.74) is 0. The molecule has 3 N–H and O–H groups in total. The van der Waals surface area contributed by atoms with Crippen molar-refractivity contribution in [2.45, 2.75) is 343 Å². The first-order valence-corrected chi connectivity index (χ1v) is 37.7.